The van der Waals surface area contributed by atoms with Crippen LogP contribution >= 0.6 is 0 Å². The van der Waals surface area contributed by atoms with Crippen LogP contribution in [0.5, 0.6) is 0 Å². The van der Waals surface area contributed by atoms with Crippen LogP contribution in [0.3, 0.4) is 0 Å². The zero-order valence-electron chi connectivity index (χ0n) is 15.9. The Morgan fingerprint density at radius 3 is 2.50 bits per heavy atom. The molecule has 0 bridgehead atoms. The average molecular weight is 398 g/mol. The van der Waals surface area contributed by atoms with Gasteiger partial charge in [0.15, 0.2) is 5.82 Å². The van der Waals surface area contributed by atoms with Gasteiger partial charge in [0, 0.05) is 21.7 Å². The van der Waals surface area contributed by atoms with Gasteiger partial charge in [-0.25, -0.2) is 9.18 Å². The summed E-state index contributed by atoms with van der Waals surface area (Å²) in [7, 11) is 0. The van der Waals surface area contributed by atoms with Crippen molar-refractivity contribution in [2.24, 2.45) is 0 Å². The highest BCUT2D eigenvalue weighted by atomic mass is 19.1. The Hall–Kier alpha value is -3.99. The molecule has 0 atom stereocenters. The van der Waals surface area contributed by atoms with Gasteiger partial charge in [0.25, 0.3) is 0 Å². The fourth-order valence-corrected chi connectivity index (χ4v) is 3.96. The molecule has 0 unspecified atom stereocenters. The first-order valence-electron chi connectivity index (χ1n) is 9.36. The predicted octanol–water partition coefficient (Wildman–Crippen LogP) is 5.91. The fraction of sp³-hybridized carbons (Fsp3) is 0.0400. The summed E-state index contributed by atoms with van der Waals surface area (Å²) >= 11 is 0. The molecule has 1 N–H and O–H groups in total. The van der Waals surface area contributed by atoms with E-state index in [0.29, 0.717) is 38.5 Å². The molecular formula is C25H15FO4. The molecule has 0 aliphatic rings. The molecule has 0 fully saturated rings. The van der Waals surface area contributed by atoms with Gasteiger partial charge in [-0.05, 0) is 53.8 Å². The quantitative estimate of drug-likeness (QED) is 0.296. The first-order valence-corrected chi connectivity index (χ1v) is 9.36. The molecule has 5 rings (SSSR count). The Morgan fingerprint density at radius 1 is 0.933 bits per heavy atom. The van der Waals surface area contributed by atoms with Crippen LogP contribution in [0.1, 0.15) is 15.9 Å². The van der Waals surface area contributed by atoms with E-state index in [4.69, 9.17) is 4.42 Å². The summed E-state index contributed by atoms with van der Waals surface area (Å²) in [4.78, 5) is 23.7. The van der Waals surface area contributed by atoms with Crippen molar-refractivity contribution in [3.63, 3.8) is 0 Å². The molecule has 0 saturated carbocycles. The van der Waals surface area contributed by atoms with Crippen LogP contribution < -0.4 is 5.43 Å². The highest BCUT2D eigenvalue weighted by molar-refractivity contribution is 6.17. The van der Waals surface area contributed by atoms with Crippen LogP contribution in [-0.4, -0.2) is 11.1 Å². The SMILES string of the molecule is Cc1ccc2c(-c3ccccc3C(=O)O)c3ccc4cc(=O)c(F)cc4c3oc2c1. The van der Waals surface area contributed by atoms with Crippen molar-refractivity contribution in [3.8, 4) is 11.1 Å². The first kappa shape index (κ1) is 18.1. The lowest BCUT2D eigenvalue weighted by Crippen LogP contribution is -2.03. The topological polar surface area (TPSA) is 67.5 Å². The molecule has 30 heavy (non-hydrogen) atoms. The minimum absolute atomic E-state index is 0.160. The van der Waals surface area contributed by atoms with Gasteiger partial charge in [0.1, 0.15) is 11.2 Å². The predicted molar refractivity (Wildman–Crippen MR) is 115 cm³/mol. The van der Waals surface area contributed by atoms with E-state index in [-0.39, 0.29) is 5.56 Å². The van der Waals surface area contributed by atoms with E-state index in [2.05, 4.69) is 0 Å². The summed E-state index contributed by atoms with van der Waals surface area (Å²) < 4.78 is 20.3. The zero-order valence-corrected chi connectivity index (χ0v) is 15.9. The second-order valence-corrected chi connectivity index (χ2v) is 7.27. The number of carboxylic acids is 1. The smallest absolute Gasteiger partial charge is 0.336 e. The number of benzene rings is 4. The monoisotopic (exact) mass is 398 g/mol. The molecule has 0 aliphatic carbocycles. The van der Waals surface area contributed by atoms with Crippen LogP contribution in [0, 0.1) is 12.7 Å². The van der Waals surface area contributed by atoms with Gasteiger partial charge in [-0.15, -0.1) is 0 Å². The summed E-state index contributed by atoms with van der Waals surface area (Å²) in [6, 6.07) is 18.4. The van der Waals surface area contributed by atoms with Crippen molar-refractivity contribution in [3.05, 3.63) is 93.9 Å². The van der Waals surface area contributed by atoms with Gasteiger partial charge in [-0.1, -0.05) is 36.4 Å². The maximum Gasteiger partial charge on any atom is 0.336 e. The number of aromatic carboxylic acids is 1. The molecule has 5 heteroatoms. The maximum absolute atomic E-state index is 14.1. The van der Waals surface area contributed by atoms with E-state index >= 15 is 0 Å². The third-order valence-electron chi connectivity index (χ3n) is 5.34. The van der Waals surface area contributed by atoms with Crippen molar-refractivity contribution < 1.29 is 18.7 Å². The third kappa shape index (κ3) is 2.67. The molecule has 0 spiro atoms. The number of hydrogen-bond donors (Lipinski definition) is 1. The van der Waals surface area contributed by atoms with Crippen LogP contribution in [-0.2, 0) is 0 Å². The third-order valence-corrected chi connectivity index (χ3v) is 5.34. The van der Waals surface area contributed by atoms with Crippen LogP contribution in [0.2, 0.25) is 0 Å². The molecule has 0 radical (unpaired) electrons. The van der Waals surface area contributed by atoms with Crippen molar-refractivity contribution in [2.75, 3.05) is 0 Å². The molecule has 5 aromatic rings. The minimum atomic E-state index is -1.04. The first-order chi connectivity index (χ1) is 14.4. The molecular weight excluding hydrogens is 383 g/mol. The summed E-state index contributed by atoms with van der Waals surface area (Å²) in [6.45, 7) is 1.93. The van der Waals surface area contributed by atoms with Crippen molar-refractivity contribution in [2.45, 2.75) is 6.92 Å². The Bertz CT molecular complexity index is 1560. The van der Waals surface area contributed by atoms with E-state index in [1.807, 2.05) is 25.1 Å². The van der Waals surface area contributed by atoms with E-state index in [9.17, 15) is 19.1 Å². The lowest BCUT2D eigenvalue weighted by molar-refractivity contribution is 0.0697. The Kier molecular flexibility index (Phi) is 3.93. The summed E-state index contributed by atoms with van der Waals surface area (Å²) in [5, 5.41) is 12.2. The van der Waals surface area contributed by atoms with Gasteiger partial charge in [0.2, 0.25) is 5.43 Å². The number of hydrogen-bond acceptors (Lipinski definition) is 3. The average Bonchev–Trinajstić information content (AvgIpc) is 2.73. The molecule has 146 valence electrons. The molecule has 0 aliphatic heterocycles. The summed E-state index contributed by atoms with van der Waals surface area (Å²) in [6.07, 6.45) is 0. The van der Waals surface area contributed by atoms with Crippen molar-refractivity contribution >= 4 is 38.7 Å². The number of aryl methyl sites for hydroxylation is 1. The number of fused-ring (bicyclic) bond motifs is 4. The van der Waals surface area contributed by atoms with Gasteiger partial charge in [0.05, 0.1) is 5.56 Å². The van der Waals surface area contributed by atoms with Crippen LogP contribution in [0.25, 0.3) is 43.8 Å². The largest absolute Gasteiger partial charge is 0.478 e. The maximum atomic E-state index is 14.1. The second-order valence-electron chi connectivity index (χ2n) is 7.27. The minimum Gasteiger partial charge on any atom is -0.478 e. The number of carboxylic acid groups (broad SMARTS) is 1. The Morgan fingerprint density at radius 2 is 1.70 bits per heavy atom. The standard InChI is InChI=1S/C25H15FO4/c1-13-6-8-17-22(10-13)30-24-18(9-7-14-11-21(27)20(26)12-19(14)24)23(17)15-4-2-3-5-16(15)25(28)29/h2-12H,1H3,(H,28,29). The molecule has 1 heterocycles. The highest BCUT2D eigenvalue weighted by Crippen LogP contribution is 2.40. The molecule has 1 aromatic heterocycles. The van der Waals surface area contributed by atoms with Crippen molar-refractivity contribution in [1.82, 2.24) is 0 Å². The van der Waals surface area contributed by atoms with E-state index < -0.39 is 17.2 Å². The molecule has 0 amide bonds. The number of carbonyl (C=O) groups is 1. The van der Waals surface area contributed by atoms with E-state index in [0.717, 1.165) is 10.9 Å². The number of rotatable bonds is 2. The van der Waals surface area contributed by atoms with Gasteiger partial charge in [-0.3, -0.25) is 4.79 Å². The Balaban J connectivity index is 2.05. The van der Waals surface area contributed by atoms with Gasteiger partial charge in [-0.2, -0.15) is 0 Å². The lowest BCUT2D eigenvalue weighted by atomic mass is 9.92. The van der Waals surface area contributed by atoms with E-state index in [1.165, 1.54) is 12.1 Å². The lowest BCUT2D eigenvalue weighted by Gasteiger charge is -2.15. The van der Waals surface area contributed by atoms with Gasteiger partial charge >= 0.3 is 5.97 Å². The Labute approximate surface area is 169 Å². The highest BCUT2D eigenvalue weighted by Gasteiger charge is 2.19. The normalized spacial score (nSPS) is 11.4. The molecule has 0 saturated heterocycles. The number of halogens is 1. The second kappa shape index (κ2) is 6.52. The molecule has 4 aromatic carbocycles. The van der Waals surface area contributed by atoms with Gasteiger partial charge < -0.3 is 9.52 Å². The van der Waals surface area contributed by atoms with Crippen LogP contribution in [0.4, 0.5) is 4.39 Å². The molecule has 4 nitrogen and oxygen atoms in total. The van der Waals surface area contributed by atoms with E-state index in [1.54, 1.807) is 36.4 Å². The zero-order chi connectivity index (χ0) is 21.0. The fourth-order valence-electron chi connectivity index (χ4n) is 3.96. The van der Waals surface area contributed by atoms with Crippen LogP contribution in [0.15, 0.2) is 75.9 Å². The summed E-state index contributed by atoms with van der Waals surface area (Å²) in [5.74, 6) is -1.90. The van der Waals surface area contributed by atoms with Crippen molar-refractivity contribution in [1.29, 1.82) is 0 Å². The summed E-state index contributed by atoms with van der Waals surface area (Å²) in [5.41, 5.74) is 2.63.